The van der Waals surface area contributed by atoms with E-state index in [4.69, 9.17) is 5.26 Å². The van der Waals surface area contributed by atoms with Crippen LogP contribution < -0.4 is 0 Å². The van der Waals surface area contributed by atoms with Crippen molar-refractivity contribution in [3.63, 3.8) is 0 Å². The number of aromatic nitrogens is 2. The Labute approximate surface area is 77.5 Å². The molecule has 72 valence electrons. The van der Waals surface area contributed by atoms with Crippen LogP contribution in [0.5, 0.6) is 0 Å². The predicted molar refractivity (Wildman–Crippen MR) is 41.7 cm³/mol. The molecule has 1 rings (SSSR count). The van der Waals surface area contributed by atoms with Crippen molar-refractivity contribution in [2.24, 2.45) is 0 Å². The van der Waals surface area contributed by atoms with Crippen molar-refractivity contribution in [1.29, 1.82) is 5.26 Å². The fourth-order valence-electron chi connectivity index (χ4n) is 0.704. The number of hydrogen-bond acceptors (Lipinski definition) is 3. The molecule has 0 saturated carbocycles. The molecule has 0 atom stereocenters. The van der Waals surface area contributed by atoms with Crippen LogP contribution in [0.1, 0.15) is 11.4 Å². The zero-order valence-electron chi connectivity index (χ0n) is 6.78. The van der Waals surface area contributed by atoms with Crippen molar-refractivity contribution in [2.75, 3.05) is 0 Å². The fraction of sp³-hybridized carbons (Fsp3) is 0.125. The molecule has 0 aliphatic heterocycles. The Morgan fingerprint density at radius 2 is 1.86 bits per heavy atom. The minimum atomic E-state index is -4.53. The van der Waals surface area contributed by atoms with Gasteiger partial charge in [0.2, 0.25) is 5.82 Å². The van der Waals surface area contributed by atoms with Gasteiger partial charge in [-0.15, -0.1) is 0 Å². The summed E-state index contributed by atoms with van der Waals surface area (Å²) in [5.74, 6) is -1.19. The van der Waals surface area contributed by atoms with Crippen LogP contribution in [0.3, 0.4) is 0 Å². The topological polar surface area (TPSA) is 49.6 Å². The number of rotatable bonds is 1. The normalized spacial score (nSPS) is 11.6. The maximum absolute atomic E-state index is 12.0. The van der Waals surface area contributed by atoms with Crippen molar-refractivity contribution in [1.82, 2.24) is 9.97 Å². The van der Waals surface area contributed by atoms with Crippen molar-refractivity contribution in [3.05, 3.63) is 29.9 Å². The largest absolute Gasteiger partial charge is 0.451 e. The Kier molecular flexibility index (Phi) is 2.82. The number of nitrogens with zero attached hydrogens (tertiary/aromatic N) is 3. The molecule has 0 aliphatic carbocycles. The van der Waals surface area contributed by atoms with Crippen LogP contribution in [0.25, 0.3) is 6.08 Å². The molecule has 1 aromatic heterocycles. The predicted octanol–water partition coefficient (Wildman–Crippen LogP) is 2.03. The van der Waals surface area contributed by atoms with Gasteiger partial charge in [0.15, 0.2) is 0 Å². The number of halogens is 3. The average Bonchev–Trinajstić information content (AvgIpc) is 2.14. The monoisotopic (exact) mass is 199 g/mol. The molecule has 3 nitrogen and oxygen atoms in total. The summed E-state index contributed by atoms with van der Waals surface area (Å²) < 4.78 is 35.9. The van der Waals surface area contributed by atoms with Crippen molar-refractivity contribution < 1.29 is 13.2 Å². The summed E-state index contributed by atoms with van der Waals surface area (Å²) in [5.41, 5.74) is 0.347. The maximum Gasteiger partial charge on any atom is 0.451 e. The molecule has 0 bridgehead atoms. The number of allylic oxidation sites excluding steroid dienone is 1. The molecule has 0 N–H and O–H groups in total. The van der Waals surface area contributed by atoms with Crippen LogP contribution in [-0.4, -0.2) is 9.97 Å². The molecule has 0 spiro atoms. The van der Waals surface area contributed by atoms with Crippen LogP contribution in [0.2, 0.25) is 0 Å². The van der Waals surface area contributed by atoms with Gasteiger partial charge in [-0.1, -0.05) is 0 Å². The standard InChI is InChI=1S/C8H4F3N3/c9-8(10,11)7-13-4-6(5-14-7)2-1-3-12/h1-2,4-5H. The van der Waals surface area contributed by atoms with Gasteiger partial charge in [0.1, 0.15) is 0 Å². The first-order valence-electron chi connectivity index (χ1n) is 3.49. The van der Waals surface area contributed by atoms with E-state index in [0.717, 1.165) is 18.5 Å². The summed E-state index contributed by atoms with van der Waals surface area (Å²) in [7, 11) is 0. The molecule has 1 aromatic rings. The van der Waals surface area contributed by atoms with Crippen LogP contribution in [-0.2, 0) is 6.18 Å². The molecular weight excluding hydrogens is 195 g/mol. The highest BCUT2D eigenvalue weighted by molar-refractivity contribution is 5.49. The lowest BCUT2D eigenvalue weighted by molar-refractivity contribution is -0.145. The Bertz CT molecular complexity index is 372. The van der Waals surface area contributed by atoms with Crippen LogP contribution in [0.15, 0.2) is 18.5 Å². The molecule has 0 saturated heterocycles. The second-order valence-corrected chi connectivity index (χ2v) is 2.30. The Morgan fingerprint density at radius 1 is 1.29 bits per heavy atom. The van der Waals surface area contributed by atoms with Crippen molar-refractivity contribution in [3.8, 4) is 6.07 Å². The SMILES string of the molecule is N#CC=Cc1cnc(C(F)(F)F)nc1. The van der Waals surface area contributed by atoms with E-state index in [1.807, 2.05) is 0 Å². The zero-order chi connectivity index (χ0) is 10.6. The average molecular weight is 199 g/mol. The molecule has 1 heterocycles. The lowest BCUT2D eigenvalue weighted by atomic mass is 10.3. The van der Waals surface area contributed by atoms with Gasteiger partial charge in [-0.05, 0) is 6.08 Å². The van der Waals surface area contributed by atoms with E-state index < -0.39 is 12.0 Å². The molecule has 14 heavy (non-hydrogen) atoms. The molecule has 0 aromatic carbocycles. The van der Waals surface area contributed by atoms with Crippen LogP contribution in [0.4, 0.5) is 13.2 Å². The zero-order valence-corrected chi connectivity index (χ0v) is 6.78. The number of nitriles is 1. The quantitative estimate of drug-likeness (QED) is 0.650. The van der Waals surface area contributed by atoms with E-state index in [1.165, 1.54) is 6.08 Å². The first kappa shape index (κ1) is 10.2. The number of alkyl halides is 3. The van der Waals surface area contributed by atoms with E-state index in [2.05, 4.69) is 9.97 Å². The second kappa shape index (κ2) is 3.87. The summed E-state index contributed by atoms with van der Waals surface area (Å²) in [5, 5.41) is 8.15. The fourth-order valence-corrected chi connectivity index (χ4v) is 0.704. The Balaban J connectivity index is 2.91. The van der Waals surface area contributed by atoms with Gasteiger partial charge >= 0.3 is 6.18 Å². The van der Waals surface area contributed by atoms with Crippen LogP contribution >= 0.6 is 0 Å². The highest BCUT2D eigenvalue weighted by atomic mass is 19.4. The lowest BCUT2D eigenvalue weighted by Crippen LogP contribution is -2.10. The van der Waals surface area contributed by atoms with Crippen molar-refractivity contribution >= 4 is 6.08 Å². The number of hydrogen-bond donors (Lipinski definition) is 0. The van der Waals surface area contributed by atoms with Gasteiger partial charge in [0.25, 0.3) is 0 Å². The summed E-state index contributed by atoms with van der Waals surface area (Å²) in [6, 6.07) is 1.70. The third kappa shape index (κ3) is 2.55. The summed E-state index contributed by atoms with van der Waals surface area (Å²) >= 11 is 0. The highest BCUT2D eigenvalue weighted by Gasteiger charge is 2.34. The van der Waals surface area contributed by atoms with Crippen LogP contribution in [0, 0.1) is 11.3 Å². The molecule has 0 amide bonds. The molecule has 0 radical (unpaired) electrons. The molecular formula is C8H4F3N3. The third-order valence-electron chi connectivity index (χ3n) is 1.28. The van der Waals surface area contributed by atoms with Gasteiger partial charge in [-0.25, -0.2) is 9.97 Å². The second-order valence-electron chi connectivity index (χ2n) is 2.30. The minimum absolute atomic E-state index is 0.347. The Morgan fingerprint density at radius 3 is 2.29 bits per heavy atom. The van der Waals surface area contributed by atoms with E-state index in [0.29, 0.717) is 5.56 Å². The molecule has 6 heteroatoms. The first-order chi connectivity index (χ1) is 6.54. The molecule has 0 unspecified atom stereocenters. The smallest absolute Gasteiger partial charge is 0.232 e. The third-order valence-corrected chi connectivity index (χ3v) is 1.28. The van der Waals surface area contributed by atoms with Crippen molar-refractivity contribution in [2.45, 2.75) is 6.18 Å². The maximum atomic E-state index is 12.0. The van der Waals surface area contributed by atoms with E-state index in [-0.39, 0.29) is 0 Å². The summed E-state index contributed by atoms with van der Waals surface area (Å²) in [4.78, 5) is 6.21. The van der Waals surface area contributed by atoms with Gasteiger partial charge in [0, 0.05) is 24.0 Å². The highest BCUT2D eigenvalue weighted by Crippen LogP contribution is 2.25. The van der Waals surface area contributed by atoms with Gasteiger partial charge < -0.3 is 0 Å². The Hall–Kier alpha value is -1.90. The lowest BCUT2D eigenvalue weighted by Gasteiger charge is -2.02. The van der Waals surface area contributed by atoms with E-state index >= 15 is 0 Å². The van der Waals surface area contributed by atoms with Gasteiger partial charge in [-0.2, -0.15) is 18.4 Å². The van der Waals surface area contributed by atoms with Gasteiger partial charge in [0.05, 0.1) is 6.07 Å². The summed E-state index contributed by atoms with van der Waals surface area (Å²) in [6.07, 6.45) is -0.0725. The first-order valence-corrected chi connectivity index (χ1v) is 3.49. The van der Waals surface area contributed by atoms with E-state index in [9.17, 15) is 13.2 Å². The molecule has 0 aliphatic rings. The summed E-state index contributed by atoms with van der Waals surface area (Å²) in [6.45, 7) is 0. The van der Waals surface area contributed by atoms with E-state index in [1.54, 1.807) is 6.07 Å². The minimum Gasteiger partial charge on any atom is -0.232 e. The van der Waals surface area contributed by atoms with Gasteiger partial charge in [-0.3, -0.25) is 0 Å². The molecule has 0 fully saturated rings.